The number of para-hydroxylation sites is 1. The van der Waals surface area contributed by atoms with E-state index in [1.807, 2.05) is 37.3 Å². The zero-order valence-electron chi connectivity index (χ0n) is 13.1. The van der Waals surface area contributed by atoms with Crippen LogP contribution in [0.2, 0.25) is 0 Å². The van der Waals surface area contributed by atoms with E-state index < -0.39 is 11.8 Å². The second-order valence-electron chi connectivity index (χ2n) is 4.67. The van der Waals surface area contributed by atoms with Crippen molar-refractivity contribution in [1.82, 2.24) is 10.2 Å². The molecule has 0 heterocycles. The van der Waals surface area contributed by atoms with E-state index in [2.05, 4.69) is 24.1 Å². The molecule has 0 aliphatic heterocycles. The first-order valence-corrected chi connectivity index (χ1v) is 7.51. The molecular weight excluding hydrogens is 266 g/mol. The van der Waals surface area contributed by atoms with Gasteiger partial charge in [-0.1, -0.05) is 32.0 Å². The lowest BCUT2D eigenvalue weighted by atomic mass is 10.3. The van der Waals surface area contributed by atoms with Crippen molar-refractivity contribution in [2.45, 2.75) is 20.8 Å². The quantitative estimate of drug-likeness (QED) is 0.775. The van der Waals surface area contributed by atoms with Crippen LogP contribution in [0.3, 0.4) is 0 Å². The summed E-state index contributed by atoms with van der Waals surface area (Å²) in [6.45, 7) is 9.58. The van der Waals surface area contributed by atoms with Crippen LogP contribution in [0.25, 0.3) is 0 Å². The molecule has 5 heteroatoms. The monoisotopic (exact) mass is 291 g/mol. The van der Waals surface area contributed by atoms with Crippen LogP contribution >= 0.6 is 0 Å². The smallest absolute Gasteiger partial charge is 0.316 e. The molecule has 0 spiro atoms. The van der Waals surface area contributed by atoms with Gasteiger partial charge in [-0.3, -0.25) is 9.59 Å². The van der Waals surface area contributed by atoms with Gasteiger partial charge < -0.3 is 15.1 Å². The first-order chi connectivity index (χ1) is 10.1. The predicted octanol–water partition coefficient (Wildman–Crippen LogP) is 1.50. The highest BCUT2D eigenvalue weighted by Gasteiger charge is 2.21. The van der Waals surface area contributed by atoms with Crippen LogP contribution in [0.5, 0.6) is 0 Å². The van der Waals surface area contributed by atoms with E-state index in [4.69, 9.17) is 0 Å². The zero-order chi connectivity index (χ0) is 15.7. The number of hydrogen-bond donors (Lipinski definition) is 1. The molecule has 0 unspecified atom stereocenters. The average molecular weight is 291 g/mol. The molecule has 0 saturated carbocycles. The summed E-state index contributed by atoms with van der Waals surface area (Å²) in [6.07, 6.45) is 0. The Morgan fingerprint density at radius 3 is 2.14 bits per heavy atom. The molecule has 1 aromatic rings. The molecule has 0 fully saturated rings. The lowest BCUT2D eigenvalue weighted by Gasteiger charge is -2.21. The van der Waals surface area contributed by atoms with Gasteiger partial charge in [0.15, 0.2) is 0 Å². The number of carbonyl (C=O) groups is 2. The minimum atomic E-state index is -0.548. The Bertz CT molecular complexity index is 444. The van der Waals surface area contributed by atoms with Gasteiger partial charge in [0.2, 0.25) is 0 Å². The number of amides is 2. The third-order valence-corrected chi connectivity index (χ3v) is 3.43. The largest absolute Gasteiger partial charge is 0.347 e. The van der Waals surface area contributed by atoms with Crippen molar-refractivity contribution in [2.75, 3.05) is 37.6 Å². The van der Waals surface area contributed by atoms with Crippen molar-refractivity contribution in [1.29, 1.82) is 0 Å². The predicted molar refractivity (Wildman–Crippen MR) is 85.3 cm³/mol. The molecule has 0 radical (unpaired) electrons. The molecule has 21 heavy (non-hydrogen) atoms. The maximum atomic E-state index is 12.2. The van der Waals surface area contributed by atoms with Crippen molar-refractivity contribution in [3.63, 3.8) is 0 Å². The lowest BCUT2D eigenvalue weighted by Crippen LogP contribution is -2.45. The fourth-order valence-corrected chi connectivity index (χ4v) is 2.12. The molecule has 116 valence electrons. The number of benzene rings is 1. The summed E-state index contributed by atoms with van der Waals surface area (Å²) in [7, 11) is 0. The Balaban J connectivity index is 2.54. The van der Waals surface area contributed by atoms with Crippen molar-refractivity contribution < 1.29 is 9.59 Å². The van der Waals surface area contributed by atoms with Crippen LogP contribution in [0, 0.1) is 0 Å². The number of nitrogens with one attached hydrogen (secondary N) is 1. The minimum Gasteiger partial charge on any atom is -0.347 e. The SMILES string of the molecule is CCN(CC)CCNC(=O)C(=O)N(CC)c1ccccc1. The van der Waals surface area contributed by atoms with Gasteiger partial charge in [0.05, 0.1) is 0 Å². The third kappa shape index (κ3) is 5.19. The summed E-state index contributed by atoms with van der Waals surface area (Å²) in [4.78, 5) is 27.8. The molecule has 0 aromatic heterocycles. The normalized spacial score (nSPS) is 10.5. The summed E-state index contributed by atoms with van der Waals surface area (Å²) in [5.41, 5.74) is 0.740. The lowest BCUT2D eigenvalue weighted by molar-refractivity contribution is -0.137. The fourth-order valence-electron chi connectivity index (χ4n) is 2.12. The highest BCUT2D eigenvalue weighted by Crippen LogP contribution is 2.12. The molecule has 0 bridgehead atoms. The van der Waals surface area contributed by atoms with Crippen molar-refractivity contribution >= 4 is 17.5 Å². The number of rotatable bonds is 7. The highest BCUT2D eigenvalue weighted by molar-refractivity contribution is 6.40. The second-order valence-corrected chi connectivity index (χ2v) is 4.67. The van der Waals surface area contributed by atoms with Gasteiger partial charge >= 0.3 is 11.8 Å². The summed E-state index contributed by atoms with van der Waals surface area (Å²) in [5.74, 6) is -1.06. The van der Waals surface area contributed by atoms with Gasteiger partial charge in [-0.2, -0.15) is 0 Å². The van der Waals surface area contributed by atoms with E-state index >= 15 is 0 Å². The molecule has 1 rings (SSSR count). The Morgan fingerprint density at radius 1 is 1.00 bits per heavy atom. The summed E-state index contributed by atoms with van der Waals surface area (Å²) >= 11 is 0. The number of likely N-dealkylation sites (N-methyl/N-ethyl adjacent to an activating group) is 2. The van der Waals surface area contributed by atoms with Crippen LogP contribution in [0.15, 0.2) is 30.3 Å². The number of hydrogen-bond acceptors (Lipinski definition) is 3. The Hall–Kier alpha value is -1.88. The highest BCUT2D eigenvalue weighted by atomic mass is 16.2. The van der Waals surface area contributed by atoms with E-state index in [0.29, 0.717) is 13.1 Å². The maximum Gasteiger partial charge on any atom is 0.316 e. The minimum absolute atomic E-state index is 0.465. The Morgan fingerprint density at radius 2 is 1.62 bits per heavy atom. The van der Waals surface area contributed by atoms with Gasteiger partial charge in [-0.25, -0.2) is 0 Å². The molecule has 0 aliphatic carbocycles. The molecule has 1 N–H and O–H groups in total. The number of carbonyl (C=O) groups excluding carboxylic acids is 2. The molecular formula is C16H25N3O2. The summed E-state index contributed by atoms with van der Waals surface area (Å²) < 4.78 is 0. The Labute approximate surface area is 126 Å². The number of nitrogens with zero attached hydrogens (tertiary/aromatic N) is 2. The second kappa shape index (κ2) is 9.13. The van der Waals surface area contributed by atoms with Gasteiger partial charge in [-0.15, -0.1) is 0 Å². The van der Waals surface area contributed by atoms with E-state index in [1.54, 1.807) is 0 Å². The van der Waals surface area contributed by atoms with E-state index in [0.717, 1.165) is 25.3 Å². The van der Waals surface area contributed by atoms with E-state index in [1.165, 1.54) is 4.90 Å². The van der Waals surface area contributed by atoms with Crippen molar-refractivity contribution in [3.05, 3.63) is 30.3 Å². The van der Waals surface area contributed by atoms with Gasteiger partial charge in [0.1, 0.15) is 0 Å². The van der Waals surface area contributed by atoms with Crippen molar-refractivity contribution in [3.8, 4) is 0 Å². The van der Waals surface area contributed by atoms with Gasteiger partial charge in [-0.05, 0) is 32.1 Å². The van der Waals surface area contributed by atoms with Crippen LogP contribution < -0.4 is 10.2 Å². The Kier molecular flexibility index (Phi) is 7.46. The molecule has 1 aromatic carbocycles. The number of anilines is 1. The zero-order valence-corrected chi connectivity index (χ0v) is 13.1. The fraction of sp³-hybridized carbons (Fsp3) is 0.500. The van der Waals surface area contributed by atoms with Gasteiger partial charge in [0, 0.05) is 25.3 Å². The van der Waals surface area contributed by atoms with Crippen molar-refractivity contribution in [2.24, 2.45) is 0 Å². The van der Waals surface area contributed by atoms with Gasteiger partial charge in [0.25, 0.3) is 0 Å². The van der Waals surface area contributed by atoms with Crippen LogP contribution in [-0.4, -0.2) is 49.4 Å². The maximum absolute atomic E-state index is 12.2. The molecule has 0 atom stereocenters. The molecule has 5 nitrogen and oxygen atoms in total. The third-order valence-electron chi connectivity index (χ3n) is 3.43. The van der Waals surface area contributed by atoms with Crippen LogP contribution in [0.1, 0.15) is 20.8 Å². The average Bonchev–Trinajstić information content (AvgIpc) is 2.53. The van der Waals surface area contributed by atoms with Crippen LogP contribution in [0.4, 0.5) is 5.69 Å². The van der Waals surface area contributed by atoms with E-state index in [-0.39, 0.29) is 0 Å². The topological polar surface area (TPSA) is 52.7 Å². The first-order valence-electron chi connectivity index (χ1n) is 7.51. The van der Waals surface area contributed by atoms with E-state index in [9.17, 15) is 9.59 Å². The molecule has 0 aliphatic rings. The molecule has 2 amide bonds. The van der Waals surface area contributed by atoms with Crippen LogP contribution in [-0.2, 0) is 9.59 Å². The summed E-state index contributed by atoms with van der Waals surface area (Å²) in [5, 5.41) is 2.69. The first kappa shape index (κ1) is 17.2. The molecule has 0 saturated heterocycles. The summed E-state index contributed by atoms with van der Waals surface area (Å²) in [6, 6.07) is 9.23. The standard InChI is InChI=1S/C16H25N3O2/c1-4-18(5-2)13-12-17-15(20)16(21)19(6-3)14-10-8-7-9-11-14/h7-11H,4-6,12-13H2,1-3H3,(H,17,20).